The van der Waals surface area contributed by atoms with Gasteiger partial charge in [0, 0.05) is 23.1 Å². The van der Waals surface area contributed by atoms with Crippen LogP contribution in [0.3, 0.4) is 0 Å². The molecular weight excluding hydrogens is 458 g/mol. The number of aromatic nitrogens is 3. The van der Waals surface area contributed by atoms with Gasteiger partial charge >= 0.3 is 5.97 Å². The Morgan fingerprint density at radius 3 is 2.29 bits per heavy atom. The van der Waals surface area contributed by atoms with Gasteiger partial charge in [0.05, 0.1) is 30.6 Å². The first-order valence-corrected chi connectivity index (χ1v) is 12.0. The normalized spacial score (nSPS) is 11.0. The number of hydrogen-bond donors (Lipinski definition) is 1. The van der Waals surface area contributed by atoms with Gasteiger partial charge < -0.3 is 9.84 Å². The minimum Gasteiger partial charge on any atom is -0.497 e. The van der Waals surface area contributed by atoms with Gasteiger partial charge in [0.25, 0.3) is 0 Å². The third-order valence-corrected chi connectivity index (χ3v) is 6.61. The minimum absolute atomic E-state index is 0.131. The lowest BCUT2D eigenvalue weighted by atomic mass is 10.1. The van der Waals surface area contributed by atoms with Crippen molar-refractivity contribution in [3.63, 3.8) is 0 Å². The number of nitrogens with zero attached hydrogens (tertiary/aromatic N) is 3. The van der Waals surface area contributed by atoms with Gasteiger partial charge in [-0.05, 0) is 29.8 Å². The van der Waals surface area contributed by atoms with E-state index in [1.165, 1.54) is 11.8 Å². The number of carbonyl (C=O) groups is 1. The molecule has 0 bridgehead atoms. The van der Waals surface area contributed by atoms with E-state index >= 15 is 0 Å². The summed E-state index contributed by atoms with van der Waals surface area (Å²) in [6.07, 6.45) is 2.30. The van der Waals surface area contributed by atoms with Crippen molar-refractivity contribution < 1.29 is 14.6 Å². The highest BCUT2D eigenvalue weighted by Crippen LogP contribution is 2.34. The molecule has 1 N–H and O–H groups in total. The number of hydrogen-bond acceptors (Lipinski definition) is 5. The molecule has 0 fully saturated rings. The van der Waals surface area contributed by atoms with E-state index in [1.54, 1.807) is 7.11 Å². The third-order valence-electron chi connectivity index (χ3n) is 5.63. The van der Waals surface area contributed by atoms with Crippen molar-refractivity contribution in [3.05, 3.63) is 108 Å². The lowest BCUT2D eigenvalue weighted by molar-refractivity contribution is -0.136. The van der Waals surface area contributed by atoms with Crippen LogP contribution in [0.25, 0.3) is 16.9 Å². The molecule has 0 aliphatic rings. The second-order valence-electron chi connectivity index (χ2n) is 8.01. The fourth-order valence-corrected chi connectivity index (χ4v) is 4.82. The summed E-state index contributed by atoms with van der Waals surface area (Å²) in [5, 5.41) is 10.4. The standard InChI is InChI=1S/C28H23N3O3S/c1-34-21-12-14-22(15-13-21)35-28-27-29-23(16-19-8-4-2-5-9-19)25(17-26(32)33)31(27)18-24(30-28)20-10-6-3-7-11-20/h2-15,18H,16-17H2,1H3,(H,32,33). The van der Waals surface area contributed by atoms with Crippen LogP contribution in [0.5, 0.6) is 5.75 Å². The highest BCUT2D eigenvalue weighted by atomic mass is 32.2. The Hall–Kier alpha value is -4.10. The molecule has 6 nitrogen and oxygen atoms in total. The van der Waals surface area contributed by atoms with Crippen molar-refractivity contribution in [2.45, 2.75) is 22.8 Å². The number of carboxylic acids is 1. The Morgan fingerprint density at radius 2 is 1.63 bits per heavy atom. The van der Waals surface area contributed by atoms with Crippen molar-refractivity contribution in [3.8, 4) is 17.0 Å². The first-order valence-electron chi connectivity index (χ1n) is 11.1. The summed E-state index contributed by atoms with van der Waals surface area (Å²) in [7, 11) is 1.64. The summed E-state index contributed by atoms with van der Waals surface area (Å²) >= 11 is 1.49. The molecule has 2 aromatic heterocycles. The fourth-order valence-electron chi connectivity index (χ4n) is 3.95. The van der Waals surface area contributed by atoms with Crippen LogP contribution >= 0.6 is 11.8 Å². The number of imidazole rings is 1. The zero-order valence-electron chi connectivity index (χ0n) is 19.1. The van der Waals surface area contributed by atoms with E-state index in [9.17, 15) is 9.90 Å². The first kappa shape index (κ1) is 22.7. The number of rotatable bonds is 8. The minimum atomic E-state index is -0.899. The Bertz CT molecular complexity index is 1470. The van der Waals surface area contributed by atoms with Crippen LogP contribution in [0.15, 0.2) is 101 Å². The molecule has 5 rings (SSSR count). The fraction of sp³-hybridized carbons (Fsp3) is 0.107. The van der Waals surface area contributed by atoms with Crippen LogP contribution in [0.1, 0.15) is 17.0 Å². The second kappa shape index (κ2) is 10.0. The molecule has 7 heteroatoms. The number of carboxylic acid groups (broad SMARTS) is 1. The van der Waals surface area contributed by atoms with E-state index in [0.29, 0.717) is 22.8 Å². The van der Waals surface area contributed by atoms with Gasteiger partial charge in [0.1, 0.15) is 10.8 Å². The summed E-state index contributed by atoms with van der Waals surface area (Å²) in [5.74, 6) is -0.122. The SMILES string of the molecule is COc1ccc(Sc2nc(-c3ccccc3)cn3c(CC(=O)O)c(Cc4ccccc4)nc23)cc1. The molecule has 0 aliphatic heterocycles. The molecule has 0 saturated heterocycles. The van der Waals surface area contributed by atoms with Gasteiger partial charge in [0.15, 0.2) is 5.65 Å². The van der Waals surface area contributed by atoms with E-state index in [-0.39, 0.29) is 6.42 Å². The molecule has 5 aromatic rings. The molecule has 3 aromatic carbocycles. The lowest BCUT2D eigenvalue weighted by Gasteiger charge is -2.09. The van der Waals surface area contributed by atoms with Gasteiger partial charge in [-0.2, -0.15) is 0 Å². The van der Waals surface area contributed by atoms with Crippen LogP contribution in [0.2, 0.25) is 0 Å². The Labute approximate surface area is 207 Å². The monoisotopic (exact) mass is 481 g/mol. The van der Waals surface area contributed by atoms with Crippen molar-refractivity contribution in [2.24, 2.45) is 0 Å². The number of methoxy groups -OCH3 is 1. The van der Waals surface area contributed by atoms with Crippen LogP contribution < -0.4 is 4.74 Å². The molecule has 0 atom stereocenters. The van der Waals surface area contributed by atoms with Crippen LogP contribution in [0.4, 0.5) is 0 Å². The largest absolute Gasteiger partial charge is 0.497 e. The average molecular weight is 482 g/mol. The molecule has 0 amide bonds. The molecule has 174 valence electrons. The number of fused-ring (bicyclic) bond motifs is 1. The van der Waals surface area contributed by atoms with E-state index in [1.807, 2.05) is 95.5 Å². The molecule has 2 heterocycles. The number of ether oxygens (including phenoxy) is 1. The topological polar surface area (TPSA) is 76.7 Å². The zero-order chi connectivity index (χ0) is 24.2. The predicted octanol–water partition coefficient (Wildman–Crippen LogP) is 5.77. The Balaban J connectivity index is 1.68. The van der Waals surface area contributed by atoms with Crippen molar-refractivity contribution in [1.29, 1.82) is 0 Å². The molecule has 0 unspecified atom stereocenters. The molecule has 0 radical (unpaired) electrons. The quantitative estimate of drug-likeness (QED) is 0.303. The van der Waals surface area contributed by atoms with Gasteiger partial charge in [-0.3, -0.25) is 9.20 Å². The molecule has 0 saturated carbocycles. The molecule has 0 spiro atoms. The smallest absolute Gasteiger partial charge is 0.309 e. The van der Waals surface area contributed by atoms with Crippen LogP contribution in [-0.2, 0) is 17.6 Å². The summed E-state index contributed by atoms with van der Waals surface area (Å²) in [5.41, 5.74) is 4.82. The van der Waals surface area contributed by atoms with Gasteiger partial charge in [0.2, 0.25) is 0 Å². The molecular formula is C28H23N3O3S. The summed E-state index contributed by atoms with van der Waals surface area (Å²) in [6.45, 7) is 0. The average Bonchev–Trinajstić information content (AvgIpc) is 3.22. The Morgan fingerprint density at radius 1 is 0.943 bits per heavy atom. The highest BCUT2D eigenvalue weighted by molar-refractivity contribution is 7.99. The van der Waals surface area contributed by atoms with Crippen molar-refractivity contribution in [2.75, 3.05) is 7.11 Å². The zero-order valence-corrected chi connectivity index (χ0v) is 19.9. The summed E-state index contributed by atoms with van der Waals surface area (Å²) in [4.78, 5) is 22.7. The maximum absolute atomic E-state index is 11.8. The summed E-state index contributed by atoms with van der Waals surface area (Å²) < 4.78 is 7.18. The maximum atomic E-state index is 11.8. The lowest BCUT2D eigenvalue weighted by Crippen LogP contribution is -2.07. The van der Waals surface area contributed by atoms with Crippen molar-refractivity contribution >= 4 is 23.4 Å². The molecule has 35 heavy (non-hydrogen) atoms. The van der Waals surface area contributed by atoms with Crippen LogP contribution in [-0.4, -0.2) is 32.6 Å². The number of aliphatic carboxylic acids is 1. The Kier molecular flexibility index (Phi) is 6.50. The van der Waals surface area contributed by atoms with E-state index in [4.69, 9.17) is 14.7 Å². The molecule has 0 aliphatic carbocycles. The predicted molar refractivity (Wildman–Crippen MR) is 136 cm³/mol. The van der Waals surface area contributed by atoms with Crippen LogP contribution in [0, 0.1) is 0 Å². The van der Waals surface area contributed by atoms with Gasteiger partial charge in [-0.1, -0.05) is 72.4 Å². The van der Waals surface area contributed by atoms with E-state index in [0.717, 1.165) is 33.2 Å². The van der Waals surface area contributed by atoms with Gasteiger partial charge in [-0.25, -0.2) is 9.97 Å². The maximum Gasteiger partial charge on any atom is 0.309 e. The summed E-state index contributed by atoms with van der Waals surface area (Å²) in [6, 6.07) is 27.6. The number of benzene rings is 3. The first-order chi connectivity index (χ1) is 17.1. The second-order valence-corrected chi connectivity index (χ2v) is 9.07. The third kappa shape index (κ3) is 5.05. The van der Waals surface area contributed by atoms with E-state index < -0.39 is 5.97 Å². The van der Waals surface area contributed by atoms with Gasteiger partial charge in [-0.15, -0.1) is 0 Å². The highest BCUT2D eigenvalue weighted by Gasteiger charge is 2.20. The van der Waals surface area contributed by atoms with Crippen molar-refractivity contribution in [1.82, 2.24) is 14.4 Å². The van der Waals surface area contributed by atoms with E-state index in [2.05, 4.69) is 0 Å².